The zero-order chi connectivity index (χ0) is 23.8. The maximum absolute atomic E-state index is 12.4. The van der Waals surface area contributed by atoms with Crippen molar-refractivity contribution in [1.82, 2.24) is 24.4 Å². The molecule has 1 aliphatic heterocycles. The standard InChI is InChI=1S/C25H24N6O3/c1-29(2)23(33)17-7-5-16(6-8-17)21-4-3-13-31-22(21)27-25(28-31)26-19-11-9-18(10-12-19)24(34)30-14-20(32)15-30/h3-13,20,32H,14-15H2,1-2H3,(H,26,28). The number of carbonyl (C=O) groups excluding carboxylic acids is 2. The van der Waals surface area contributed by atoms with Gasteiger partial charge < -0.3 is 20.2 Å². The summed E-state index contributed by atoms with van der Waals surface area (Å²) in [5.74, 6) is 0.288. The highest BCUT2D eigenvalue weighted by Gasteiger charge is 2.29. The molecular formula is C25H24N6O3. The molecule has 5 rings (SSSR count). The Bertz CT molecular complexity index is 1360. The summed E-state index contributed by atoms with van der Waals surface area (Å²) in [5.41, 5.74) is 4.45. The molecule has 1 saturated heterocycles. The van der Waals surface area contributed by atoms with E-state index < -0.39 is 6.10 Å². The number of likely N-dealkylation sites (tertiary alicyclic amines) is 1. The fourth-order valence-electron chi connectivity index (χ4n) is 3.86. The van der Waals surface area contributed by atoms with Gasteiger partial charge in [0.2, 0.25) is 5.95 Å². The lowest BCUT2D eigenvalue weighted by molar-refractivity contribution is 0.00590. The number of aliphatic hydroxyl groups is 1. The molecule has 4 aromatic rings. The molecular weight excluding hydrogens is 432 g/mol. The molecule has 0 atom stereocenters. The van der Waals surface area contributed by atoms with E-state index >= 15 is 0 Å². The van der Waals surface area contributed by atoms with Gasteiger partial charge in [-0.15, -0.1) is 5.10 Å². The maximum Gasteiger partial charge on any atom is 0.254 e. The highest BCUT2D eigenvalue weighted by molar-refractivity contribution is 5.95. The Hall–Kier alpha value is -4.24. The molecule has 1 fully saturated rings. The van der Waals surface area contributed by atoms with Crippen LogP contribution in [0.1, 0.15) is 20.7 Å². The average molecular weight is 457 g/mol. The smallest absolute Gasteiger partial charge is 0.254 e. The Morgan fingerprint density at radius 3 is 2.32 bits per heavy atom. The highest BCUT2D eigenvalue weighted by atomic mass is 16.3. The first-order chi connectivity index (χ1) is 16.4. The lowest BCUT2D eigenvalue weighted by atomic mass is 10.0. The predicted octanol–water partition coefficient (Wildman–Crippen LogP) is 2.66. The van der Waals surface area contributed by atoms with Gasteiger partial charge in [-0.25, -0.2) is 4.52 Å². The summed E-state index contributed by atoms with van der Waals surface area (Å²) in [4.78, 5) is 32.3. The van der Waals surface area contributed by atoms with E-state index in [1.807, 2.05) is 30.5 Å². The number of aliphatic hydroxyl groups excluding tert-OH is 1. The minimum absolute atomic E-state index is 0.0473. The van der Waals surface area contributed by atoms with Crippen molar-refractivity contribution < 1.29 is 14.7 Å². The van der Waals surface area contributed by atoms with Gasteiger partial charge in [0.05, 0.1) is 6.10 Å². The van der Waals surface area contributed by atoms with E-state index in [-0.39, 0.29) is 11.8 Å². The SMILES string of the molecule is CN(C)C(=O)c1ccc(-c2cccn3nc(Nc4ccc(C(=O)N5CC(O)C5)cc4)nc23)cc1. The Labute approximate surface area is 196 Å². The topological polar surface area (TPSA) is 103 Å². The quantitative estimate of drug-likeness (QED) is 0.479. The van der Waals surface area contributed by atoms with Crippen LogP contribution in [0.5, 0.6) is 0 Å². The molecule has 2 amide bonds. The molecule has 172 valence electrons. The minimum Gasteiger partial charge on any atom is -0.389 e. The van der Waals surface area contributed by atoms with Crippen LogP contribution in [-0.4, -0.2) is 74.6 Å². The van der Waals surface area contributed by atoms with Gasteiger partial charge in [-0.1, -0.05) is 12.1 Å². The second kappa shape index (κ2) is 8.60. The van der Waals surface area contributed by atoms with E-state index in [4.69, 9.17) is 0 Å². The van der Waals surface area contributed by atoms with Crippen molar-refractivity contribution in [3.63, 3.8) is 0 Å². The van der Waals surface area contributed by atoms with Crippen molar-refractivity contribution in [3.8, 4) is 11.1 Å². The van der Waals surface area contributed by atoms with Crippen LogP contribution in [0.2, 0.25) is 0 Å². The van der Waals surface area contributed by atoms with Crippen LogP contribution in [0.4, 0.5) is 11.6 Å². The zero-order valence-electron chi connectivity index (χ0n) is 18.8. The molecule has 0 bridgehead atoms. The van der Waals surface area contributed by atoms with Crippen LogP contribution < -0.4 is 5.32 Å². The molecule has 9 nitrogen and oxygen atoms in total. The lowest BCUT2D eigenvalue weighted by Gasteiger charge is -2.35. The van der Waals surface area contributed by atoms with E-state index in [1.165, 1.54) is 0 Å². The number of β-amino-alcohol motifs (C(OH)–C–C–N with tert-alkyl or cyclic N) is 1. The van der Waals surface area contributed by atoms with Crippen molar-refractivity contribution in [3.05, 3.63) is 78.0 Å². The Morgan fingerprint density at radius 2 is 1.68 bits per heavy atom. The van der Waals surface area contributed by atoms with E-state index in [9.17, 15) is 14.7 Å². The molecule has 34 heavy (non-hydrogen) atoms. The third-order valence-electron chi connectivity index (χ3n) is 5.75. The largest absolute Gasteiger partial charge is 0.389 e. The number of carbonyl (C=O) groups is 2. The molecule has 0 aliphatic carbocycles. The summed E-state index contributed by atoms with van der Waals surface area (Å²) in [6.45, 7) is 0.752. The van der Waals surface area contributed by atoms with Crippen LogP contribution in [0.25, 0.3) is 16.8 Å². The number of hydrogen-bond donors (Lipinski definition) is 2. The Morgan fingerprint density at radius 1 is 1.00 bits per heavy atom. The number of amides is 2. The van der Waals surface area contributed by atoms with Crippen molar-refractivity contribution in [2.45, 2.75) is 6.10 Å². The first kappa shape index (κ1) is 21.6. The third-order valence-corrected chi connectivity index (χ3v) is 5.75. The van der Waals surface area contributed by atoms with Crippen LogP contribution in [-0.2, 0) is 0 Å². The van der Waals surface area contributed by atoms with E-state index in [1.54, 1.807) is 64.8 Å². The number of aromatic nitrogens is 3. The Kier molecular flexibility index (Phi) is 5.46. The van der Waals surface area contributed by atoms with Crippen LogP contribution in [0.15, 0.2) is 66.9 Å². The van der Waals surface area contributed by atoms with Crippen molar-refractivity contribution >= 4 is 29.1 Å². The fourth-order valence-corrected chi connectivity index (χ4v) is 3.86. The van der Waals surface area contributed by atoms with Gasteiger partial charge in [-0.05, 0) is 54.1 Å². The fraction of sp³-hybridized carbons (Fsp3) is 0.200. The minimum atomic E-state index is -0.422. The molecule has 2 aromatic carbocycles. The molecule has 0 spiro atoms. The number of rotatable bonds is 5. The molecule has 0 saturated carbocycles. The first-order valence-electron chi connectivity index (χ1n) is 10.9. The van der Waals surface area contributed by atoms with Gasteiger partial charge in [0.1, 0.15) is 0 Å². The summed E-state index contributed by atoms with van der Waals surface area (Å²) in [5, 5.41) is 17.1. The number of fused-ring (bicyclic) bond motifs is 1. The number of nitrogens with zero attached hydrogens (tertiary/aromatic N) is 5. The molecule has 0 unspecified atom stereocenters. The van der Waals surface area contributed by atoms with E-state index in [0.29, 0.717) is 35.8 Å². The van der Waals surface area contributed by atoms with E-state index in [0.717, 1.165) is 16.8 Å². The maximum atomic E-state index is 12.4. The average Bonchev–Trinajstić information content (AvgIpc) is 3.24. The summed E-state index contributed by atoms with van der Waals surface area (Å²) >= 11 is 0. The lowest BCUT2D eigenvalue weighted by Crippen LogP contribution is -2.53. The van der Waals surface area contributed by atoms with Crippen LogP contribution in [0, 0.1) is 0 Å². The highest BCUT2D eigenvalue weighted by Crippen LogP contribution is 2.26. The zero-order valence-corrected chi connectivity index (χ0v) is 18.8. The first-order valence-corrected chi connectivity index (χ1v) is 10.9. The number of anilines is 2. The van der Waals surface area contributed by atoms with Gasteiger partial charge in [0.25, 0.3) is 11.8 Å². The second-order valence-corrected chi connectivity index (χ2v) is 8.47. The monoisotopic (exact) mass is 456 g/mol. The van der Waals surface area contributed by atoms with Crippen LogP contribution >= 0.6 is 0 Å². The van der Waals surface area contributed by atoms with Gasteiger partial charge >= 0.3 is 0 Å². The van der Waals surface area contributed by atoms with Gasteiger partial charge in [0, 0.05) is 55.8 Å². The van der Waals surface area contributed by atoms with Crippen LogP contribution in [0.3, 0.4) is 0 Å². The number of pyridine rings is 1. The Balaban J connectivity index is 1.35. The number of benzene rings is 2. The summed E-state index contributed by atoms with van der Waals surface area (Å²) in [7, 11) is 3.45. The molecule has 2 aromatic heterocycles. The summed E-state index contributed by atoms with van der Waals surface area (Å²) < 4.78 is 1.70. The second-order valence-electron chi connectivity index (χ2n) is 8.47. The number of hydrogen-bond acceptors (Lipinski definition) is 6. The van der Waals surface area contributed by atoms with Crippen molar-refractivity contribution in [2.24, 2.45) is 0 Å². The molecule has 1 aliphatic rings. The number of nitrogens with one attached hydrogen (secondary N) is 1. The van der Waals surface area contributed by atoms with Gasteiger partial charge in [0.15, 0.2) is 5.65 Å². The molecule has 2 N–H and O–H groups in total. The van der Waals surface area contributed by atoms with Gasteiger partial charge in [-0.2, -0.15) is 4.98 Å². The molecule has 9 heteroatoms. The predicted molar refractivity (Wildman–Crippen MR) is 128 cm³/mol. The summed E-state index contributed by atoms with van der Waals surface area (Å²) in [6, 6.07) is 18.4. The summed E-state index contributed by atoms with van der Waals surface area (Å²) in [6.07, 6.45) is 1.40. The normalized spacial score (nSPS) is 13.6. The van der Waals surface area contributed by atoms with Crippen molar-refractivity contribution in [2.75, 3.05) is 32.5 Å². The van der Waals surface area contributed by atoms with E-state index in [2.05, 4.69) is 15.4 Å². The van der Waals surface area contributed by atoms with Crippen molar-refractivity contribution in [1.29, 1.82) is 0 Å². The van der Waals surface area contributed by atoms with Gasteiger partial charge in [-0.3, -0.25) is 9.59 Å². The third kappa shape index (κ3) is 4.08. The molecule has 3 heterocycles. The molecule has 0 radical (unpaired) electrons.